The Balaban J connectivity index is 2.89. The lowest BCUT2D eigenvalue weighted by atomic mass is 10.2. The average Bonchev–Trinajstić information content (AvgIpc) is 2.34. The van der Waals surface area contributed by atoms with Gasteiger partial charge < -0.3 is 15.8 Å². The molecule has 0 aliphatic heterocycles. The van der Waals surface area contributed by atoms with Crippen LogP contribution in [0.25, 0.3) is 0 Å². The molecule has 1 atom stereocenters. The van der Waals surface area contributed by atoms with Gasteiger partial charge in [-0.3, -0.25) is 0 Å². The third-order valence-electron chi connectivity index (χ3n) is 2.08. The van der Waals surface area contributed by atoms with Gasteiger partial charge in [0.15, 0.2) is 0 Å². The molecule has 108 valence electrons. The fraction of sp³-hybridized carbons (Fsp3) is 0.444. The first-order valence-corrected chi connectivity index (χ1v) is 5.00. The molecule has 1 aromatic heterocycles. The minimum atomic E-state index is -4.63. The quantitative estimate of drug-likeness (QED) is 0.374. The topological polar surface area (TPSA) is 83.2 Å². The van der Waals surface area contributed by atoms with E-state index in [4.69, 9.17) is 10.9 Å². The number of nitrogens with zero attached hydrogens (tertiary/aromatic N) is 1. The van der Waals surface area contributed by atoms with Crippen LogP contribution in [-0.2, 0) is 6.18 Å². The number of halogens is 5. The molecule has 5 N–H and O–H groups in total. The van der Waals surface area contributed by atoms with Crippen molar-refractivity contribution in [2.45, 2.75) is 18.7 Å². The number of nitrogen functional groups attached to an aromatic ring is 1. The fourth-order valence-electron chi connectivity index (χ4n) is 1.16. The highest BCUT2D eigenvalue weighted by Crippen LogP contribution is 2.31. The first-order chi connectivity index (χ1) is 8.74. The zero-order valence-corrected chi connectivity index (χ0v) is 9.38. The number of alkyl halides is 5. The molecule has 0 fully saturated rings. The van der Waals surface area contributed by atoms with Gasteiger partial charge in [0.25, 0.3) is 6.43 Å². The number of aliphatic hydroxyl groups is 1. The Hall–Kier alpha value is -1.68. The van der Waals surface area contributed by atoms with Crippen molar-refractivity contribution in [3.8, 4) is 0 Å². The first-order valence-electron chi connectivity index (χ1n) is 5.00. The van der Waals surface area contributed by atoms with E-state index in [2.05, 4.69) is 10.3 Å². The summed E-state index contributed by atoms with van der Waals surface area (Å²) in [6, 6.07) is 1.29. The standard InChI is InChI=1S/C9H11F5N4O/c10-8(11)5(19)3-16-6-1-4(9(12,13)14)2-7(17-6)18-15/h1-2,5,8,19H,3,15H2,(H2,16,17,18). The van der Waals surface area contributed by atoms with E-state index in [0.29, 0.717) is 12.1 Å². The predicted molar refractivity (Wildman–Crippen MR) is 57.5 cm³/mol. The van der Waals surface area contributed by atoms with Crippen molar-refractivity contribution in [1.82, 2.24) is 4.98 Å². The van der Waals surface area contributed by atoms with E-state index < -0.39 is 30.8 Å². The molecule has 0 saturated heterocycles. The van der Waals surface area contributed by atoms with Crippen LogP contribution < -0.4 is 16.6 Å². The van der Waals surface area contributed by atoms with Gasteiger partial charge in [-0.15, -0.1) is 0 Å². The monoisotopic (exact) mass is 286 g/mol. The Morgan fingerprint density at radius 3 is 2.32 bits per heavy atom. The van der Waals surface area contributed by atoms with Gasteiger partial charge in [0.1, 0.15) is 17.7 Å². The second-order valence-electron chi connectivity index (χ2n) is 3.55. The number of nitrogens with two attached hydrogens (primary N) is 1. The zero-order chi connectivity index (χ0) is 14.6. The smallest absolute Gasteiger partial charge is 0.385 e. The maximum Gasteiger partial charge on any atom is 0.416 e. The minimum Gasteiger partial charge on any atom is -0.385 e. The highest BCUT2D eigenvalue weighted by atomic mass is 19.4. The zero-order valence-electron chi connectivity index (χ0n) is 9.38. The SMILES string of the molecule is NNc1cc(C(F)(F)F)cc(NCC(O)C(F)F)n1. The molecule has 0 bridgehead atoms. The van der Waals surface area contributed by atoms with Crippen LogP contribution in [0.15, 0.2) is 12.1 Å². The van der Waals surface area contributed by atoms with Crippen molar-refractivity contribution >= 4 is 11.6 Å². The number of hydrogen-bond acceptors (Lipinski definition) is 5. The first kappa shape index (κ1) is 15.4. The van der Waals surface area contributed by atoms with Gasteiger partial charge in [0.05, 0.1) is 5.56 Å². The molecular formula is C9H11F5N4O. The van der Waals surface area contributed by atoms with Crippen LogP contribution in [0, 0.1) is 0 Å². The summed E-state index contributed by atoms with van der Waals surface area (Å²) in [4.78, 5) is 3.59. The van der Waals surface area contributed by atoms with Crippen molar-refractivity contribution in [2.24, 2.45) is 5.84 Å². The van der Waals surface area contributed by atoms with E-state index in [1.54, 1.807) is 0 Å². The minimum absolute atomic E-state index is 0.288. The molecule has 19 heavy (non-hydrogen) atoms. The molecule has 0 saturated carbocycles. The van der Waals surface area contributed by atoms with Crippen molar-refractivity contribution in [2.75, 3.05) is 17.3 Å². The van der Waals surface area contributed by atoms with Crippen molar-refractivity contribution in [1.29, 1.82) is 0 Å². The molecule has 0 aromatic carbocycles. The van der Waals surface area contributed by atoms with Gasteiger partial charge in [-0.25, -0.2) is 19.6 Å². The van der Waals surface area contributed by atoms with E-state index in [-0.39, 0.29) is 11.6 Å². The molecule has 5 nitrogen and oxygen atoms in total. The Morgan fingerprint density at radius 1 is 1.26 bits per heavy atom. The Bertz CT molecular complexity index is 426. The van der Waals surface area contributed by atoms with Gasteiger partial charge in [-0.05, 0) is 12.1 Å². The van der Waals surface area contributed by atoms with Crippen LogP contribution >= 0.6 is 0 Å². The van der Waals surface area contributed by atoms with Crippen molar-refractivity contribution < 1.29 is 27.1 Å². The average molecular weight is 286 g/mol. The van der Waals surface area contributed by atoms with E-state index in [0.717, 1.165) is 0 Å². The maximum absolute atomic E-state index is 12.5. The van der Waals surface area contributed by atoms with Crippen molar-refractivity contribution in [3.05, 3.63) is 17.7 Å². The summed E-state index contributed by atoms with van der Waals surface area (Å²) in [7, 11) is 0. The highest BCUT2D eigenvalue weighted by Gasteiger charge is 2.31. The molecule has 0 amide bonds. The van der Waals surface area contributed by atoms with E-state index in [9.17, 15) is 22.0 Å². The summed E-state index contributed by atoms with van der Waals surface area (Å²) in [5, 5.41) is 11.0. The molecule has 1 aromatic rings. The molecule has 1 heterocycles. The van der Waals surface area contributed by atoms with Crippen LogP contribution in [0.3, 0.4) is 0 Å². The van der Waals surface area contributed by atoms with Crippen LogP contribution in [-0.4, -0.2) is 29.2 Å². The van der Waals surface area contributed by atoms with Gasteiger partial charge in [-0.1, -0.05) is 0 Å². The summed E-state index contributed by atoms with van der Waals surface area (Å²) in [5.74, 6) is 4.34. The lowest BCUT2D eigenvalue weighted by Crippen LogP contribution is -2.27. The van der Waals surface area contributed by atoms with Gasteiger partial charge in [0, 0.05) is 6.54 Å². The van der Waals surface area contributed by atoms with Crippen LogP contribution in [0.5, 0.6) is 0 Å². The number of aromatic nitrogens is 1. The summed E-state index contributed by atoms with van der Waals surface area (Å²) in [6.45, 7) is -0.643. The van der Waals surface area contributed by atoms with Crippen LogP contribution in [0.2, 0.25) is 0 Å². The maximum atomic E-state index is 12.5. The summed E-state index contributed by atoms with van der Waals surface area (Å²) in [5.41, 5.74) is 0.877. The number of anilines is 2. The number of hydrogen-bond donors (Lipinski definition) is 4. The summed E-state index contributed by atoms with van der Waals surface area (Å²) >= 11 is 0. The van der Waals surface area contributed by atoms with E-state index in [1.165, 1.54) is 0 Å². The molecule has 0 spiro atoms. The van der Waals surface area contributed by atoms with Gasteiger partial charge in [-0.2, -0.15) is 13.2 Å². The Kier molecular flexibility index (Phi) is 4.84. The van der Waals surface area contributed by atoms with Crippen LogP contribution in [0.1, 0.15) is 5.56 Å². The normalized spacial score (nSPS) is 13.5. The largest absolute Gasteiger partial charge is 0.416 e. The number of nitrogens with one attached hydrogen (secondary N) is 2. The lowest BCUT2D eigenvalue weighted by molar-refractivity contribution is -0.137. The van der Waals surface area contributed by atoms with E-state index in [1.807, 2.05) is 5.43 Å². The number of rotatable bonds is 5. The van der Waals surface area contributed by atoms with E-state index >= 15 is 0 Å². The Morgan fingerprint density at radius 2 is 1.84 bits per heavy atom. The molecular weight excluding hydrogens is 275 g/mol. The second kappa shape index (κ2) is 5.97. The number of pyridine rings is 1. The molecule has 1 unspecified atom stereocenters. The number of hydrazine groups is 1. The molecule has 10 heteroatoms. The lowest BCUT2D eigenvalue weighted by Gasteiger charge is -2.14. The molecule has 1 rings (SSSR count). The van der Waals surface area contributed by atoms with Gasteiger partial charge in [0.2, 0.25) is 0 Å². The van der Waals surface area contributed by atoms with Crippen LogP contribution in [0.4, 0.5) is 33.6 Å². The summed E-state index contributed by atoms with van der Waals surface area (Å²) in [6.07, 6.45) is -9.65. The fourth-order valence-corrected chi connectivity index (χ4v) is 1.16. The third-order valence-corrected chi connectivity index (χ3v) is 2.08. The Labute approximate surface area is 104 Å². The van der Waals surface area contributed by atoms with Crippen molar-refractivity contribution in [3.63, 3.8) is 0 Å². The summed E-state index contributed by atoms with van der Waals surface area (Å²) < 4.78 is 61.6. The van der Waals surface area contributed by atoms with Gasteiger partial charge >= 0.3 is 6.18 Å². The molecule has 0 aliphatic carbocycles. The molecule has 0 aliphatic rings. The third kappa shape index (κ3) is 4.48. The highest BCUT2D eigenvalue weighted by molar-refractivity contribution is 5.49. The second-order valence-corrected chi connectivity index (χ2v) is 3.55. The number of aliphatic hydroxyl groups excluding tert-OH is 1. The predicted octanol–water partition coefficient (Wildman–Crippen LogP) is 1.42. The molecule has 0 radical (unpaired) electrons.